The molecule has 1 aromatic heterocycles. The van der Waals surface area contributed by atoms with Gasteiger partial charge in [0.25, 0.3) is 0 Å². The summed E-state index contributed by atoms with van der Waals surface area (Å²) in [5.41, 5.74) is 3.39. The van der Waals surface area contributed by atoms with E-state index in [4.69, 9.17) is 0 Å². The molecule has 2 amide bonds. The van der Waals surface area contributed by atoms with Crippen LogP contribution in [0.5, 0.6) is 0 Å². The van der Waals surface area contributed by atoms with Crippen LogP contribution in [0.4, 0.5) is 10.5 Å². The molecule has 0 aliphatic carbocycles. The van der Waals surface area contributed by atoms with E-state index in [1.165, 1.54) is 0 Å². The molecular weight excluding hydrogens is 438 g/mol. The Hall–Kier alpha value is -2.49. The lowest BCUT2D eigenvalue weighted by molar-refractivity contribution is 0.162. The molecule has 2 N–H and O–H groups in total. The molecule has 0 radical (unpaired) electrons. The Morgan fingerprint density at radius 2 is 1.79 bits per heavy atom. The second kappa shape index (κ2) is 11.1. The summed E-state index contributed by atoms with van der Waals surface area (Å²) in [4.78, 5) is 19.1. The lowest BCUT2D eigenvalue weighted by Crippen LogP contribution is -2.48. The van der Waals surface area contributed by atoms with Gasteiger partial charge >= 0.3 is 6.03 Å². The van der Waals surface area contributed by atoms with Crippen LogP contribution in [0.1, 0.15) is 36.7 Å². The fourth-order valence-electron chi connectivity index (χ4n) is 4.38. The number of benzene rings is 1. The number of hydrogen-bond donors (Lipinski definition) is 2. The van der Waals surface area contributed by atoms with Crippen LogP contribution >= 0.6 is 0 Å². The third kappa shape index (κ3) is 6.75. The van der Waals surface area contributed by atoms with E-state index in [1.54, 1.807) is 22.5 Å². The van der Waals surface area contributed by atoms with Gasteiger partial charge in [0.05, 0.1) is 4.90 Å². The van der Waals surface area contributed by atoms with Crippen molar-refractivity contribution in [2.24, 2.45) is 0 Å². The number of aromatic nitrogens is 1. The molecular formula is C24H35N5O3S. The average Bonchev–Trinajstić information content (AvgIpc) is 2.74. The summed E-state index contributed by atoms with van der Waals surface area (Å²) in [6.07, 6.45) is 1.56. The van der Waals surface area contributed by atoms with Crippen molar-refractivity contribution in [2.45, 2.75) is 51.5 Å². The lowest BCUT2D eigenvalue weighted by Gasteiger charge is -2.37. The van der Waals surface area contributed by atoms with Crippen molar-refractivity contribution in [1.29, 1.82) is 0 Å². The van der Waals surface area contributed by atoms with Gasteiger partial charge in [-0.05, 0) is 76.5 Å². The summed E-state index contributed by atoms with van der Waals surface area (Å²) in [6.45, 7) is 10.9. The van der Waals surface area contributed by atoms with Gasteiger partial charge in [-0.15, -0.1) is 0 Å². The minimum atomic E-state index is -3.51. The quantitative estimate of drug-likeness (QED) is 0.613. The molecule has 1 saturated heterocycles. The number of amides is 2. The van der Waals surface area contributed by atoms with E-state index in [-0.39, 0.29) is 12.1 Å². The van der Waals surface area contributed by atoms with Crippen molar-refractivity contribution in [3.8, 4) is 0 Å². The van der Waals surface area contributed by atoms with Gasteiger partial charge in [-0.25, -0.2) is 13.2 Å². The molecule has 1 aliphatic heterocycles. The van der Waals surface area contributed by atoms with Crippen LogP contribution in [0.15, 0.2) is 41.3 Å². The minimum absolute atomic E-state index is 0.00816. The van der Waals surface area contributed by atoms with Gasteiger partial charge in [0.1, 0.15) is 0 Å². The summed E-state index contributed by atoms with van der Waals surface area (Å²) in [5, 5.41) is 5.74. The Labute approximate surface area is 197 Å². The molecule has 3 rings (SSSR count). The van der Waals surface area contributed by atoms with E-state index in [2.05, 4.69) is 20.5 Å². The SMILES string of the molecule is CCN(C1CCN(CCNC(=O)Nc2cc(C)nc(C)c2)CC1)S(=O)(=O)c1cccc(C)c1. The van der Waals surface area contributed by atoms with Crippen LogP contribution in [0.3, 0.4) is 0 Å². The zero-order valence-electron chi connectivity index (χ0n) is 20.0. The Balaban J connectivity index is 1.46. The standard InChI is InChI=1S/C24H35N5O3S/c1-5-29(33(31,32)23-8-6-7-18(2)15-23)22-9-12-28(13-10-22)14-11-25-24(30)27-21-16-19(3)26-20(4)17-21/h6-8,15-17,22H,5,9-14H2,1-4H3,(H2,25,26,27,30). The first-order chi connectivity index (χ1) is 15.7. The van der Waals surface area contributed by atoms with Crippen molar-refractivity contribution < 1.29 is 13.2 Å². The lowest BCUT2D eigenvalue weighted by atomic mass is 10.1. The second-order valence-electron chi connectivity index (χ2n) is 8.62. The number of rotatable bonds is 8. The molecule has 33 heavy (non-hydrogen) atoms. The second-order valence-corrected chi connectivity index (χ2v) is 10.5. The van der Waals surface area contributed by atoms with Gasteiger partial charge in [-0.2, -0.15) is 4.31 Å². The van der Waals surface area contributed by atoms with Gasteiger partial charge in [0, 0.05) is 42.8 Å². The Morgan fingerprint density at radius 3 is 2.39 bits per heavy atom. The third-order valence-corrected chi connectivity index (χ3v) is 7.95. The van der Waals surface area contributed by atoms with Crippen LogP contribution in [0, 0.1) is 20.8 Å². The first kappa shape index (κ1) is 25.1. The van der Waals surface area contributed by atoms with E-state index in [0.29, 0.717) is 18.0 Å². The van der Waals surface area contributed by atoms with Crippen LogP contribution in [0.25, 0.3) is 0 Å². The molecule has 180 valence electrons. The van der Waals surface area contributed by atoms with Gasteiger partial charge in [-0.3, -0.25) is 4.98 Å². The number of piperidine rings is 1. The van der Waals surface area contributed by atoms with Crippen LogP contribution in [-0.2, 0) is 10.0 Å². The number of urea groups is 1. The highest BCUT2D eigenvalue weighted by Gasteiger charge is 2.32. The molecule has 0 spiro atoms. The van der Waals surface area contributed by atoms with Gasteiger partial charge in [0.15, 0.2) is 0 Å². The molecule has 0 bridgehead atoms. The summed E-state index contributed by atoms with van der Waals surface area (Å²) in [7, 11) is -3.51. The number of pyridine rings is 1. The van der Waals surface area contributed by atoms with E-state index < -0.39 is 10.0 Å². The number of likely N-dealkylation sites (tertiary alicyclic amines) is 1. The topological polar surface area (TPSA) is 94.6 Å². The first-order valence-corrected chi connectivity index (χ1v) is 12.9. The zero-order chi connectivity index (χ0) is 24.0. The van der Waals surface area contributed by atoms with E-state index in [1.807, 2.05) is 45.9 Å². The van der Waals surface area contributed by atoms with E-state index in [9.17, 15) is 13.2 Å². The number of nitrogens with zero attached hydrogens (tertiary/aromatic N) is 3. The average molecular weight is 474 g/mol. The summed E-state index contributed by atoms with van der Waals surface area (Å²) < 4.78 is 28.0. The highest BCUT2D eigenvalue weighted by atomic mass is 32.2. The molecule has 0 atom stereocenters. The van der Waals surface area contributed by atoms with Gasteiger partial charge in [-0.1, -0.05) is 19.1 Å². The number of hydrogen-bond acceptors (Lipinski definition) is 5. The Morgan fingerprint density at radius 1 is 1.12 bits per heavy atom. The smallest absolute Gasteiger partial charge is 0.319 e. The summed E-state index contributed by atoms with van der Waals surface area (Å²) in [6, 6.07) is 10.5. The Kier molecular flexibility index (Phi) is 8.45. The number of carbonyl (C=O) groups excluding carboxylic acids is 1. The number of aryl methyl sites for hydroxylation is 3. The number of sulfonamides is 1. The monoisotopic (exact) mass is 473 g/mol. The highest BCUT2D eigenvalue weighted by molar-refractivity contribution is 7.89. The van der Waals surface area contributed by atoms with Crippen molar-refractivity contribution >= 4 is 21.7 Å². The molecule has 0 saturated carbocycles. The minimum Gasteiger partial charge on any atom is -0.337 e. The fourth-order valence-corrected chi connectivity index (χ4v) is 6.18. The highest BCUT2D eigenvalue weighted by Crippen LogP contribution is 2.24. The molecule has 1 aliphatic rings. The van der Waals surface area contributed by atoms with Crippen LogP contribution in [-0.4, -0.2) is 67.4 Å². The molecule has 0 unspecified atom stereocenters. The summed E-state index contributed by atoms with van der Waals surface area (Å²) >= 11 is 0. The van der Waals surface area contributed by atoms with E-state index >= 15 is 0 Å². The molecule has 9 heteroatoms. The van der Waals surface area contributed by atoms with Gasteiger partial charge < -0.3 is 15.5 Å². The predicted molar refractivity (Wildman–Crippen MR) is 131 cm³/mol. The largest absolute Gasteiger partial charge is 0.337 e. The third-order valence-electron chi connectivity index (χ3n) is 5.93. The number of carbonyl (C=O) groups is 1. The van der Waals surface area contributed by atoms with Crippen LogP contribution in [0.2, 0.25) is 0 Å². The van der Waals surface area contributed by atoms with Crippen molar-refractivity contribution in [3.05, 3.63) is 53.3 Å². The molecule has 1 fully saturated rings. The number of nitrogens with one attached hydrogen (secondary N) is 2. The molecule has 2 heterocycles. The van der Waals surface area contributed by atoms with Crippen molar-refractivity contribution in [2.75, 3.05) is 38.0 Å². The maximum absolute atomic E-state index is 13.2. The van der Waals surface area contributed by atoms with Crippen molar-refractivity contribution in [1.82, 2.24) is 19.5 Å². The van der Waals surface area contributed by atoms with E-state index in [0.717, 1.165) is 55.1 Å². The maximum atomic E-state index is 13.2. The number of anilines is 1. The van der Waals surface area contributed by atoms with Gasteiger partial charge in [0.2, 0.25) is 10.0 Å². The zero-order valence-corrected chi connectivity index (χ0v) is 20.8. The predicted octanol–water partition coefficient (Wildman–Crippen LogP) is 3.30. The first-order valence-electron chi connectivity index (χ1n) is 11.5. The van der Waals surface area contributed by atoms with Crippen molar-refractivity contribution in [3.63, 3.8) is 0 Å². The maximum Gasteiger partial charge on any atom is 0.319 e. The molecule has 8 nitrogen and oxygen atoms in total. The molecule has 1 aromatic carbocycles. The molecule has 2 aromatic rings. The summed E-state index contributed by atoms with van der Waals surface area (Å²) in [5.74, 6) is 0. The fraction of sp³-hybridized carbons (Fsp3) is 0.500. The normalized spacial score (nSPS) is 15.5. The Bertz CT molecular complexity index is 1050. The van der Waals surface area contributed by atoms with Crippen LogP contribution < -0.4 is 10.6 Å².